The van der Waals surface area contributed by atoms with E-state index in [4.69, 9.17) is 4.74 Å². The van der Waals surface area contributed by atoms with Gasteiger partial charge in [0.15, 0.2) is 0 Å². The van der Waals surface area contributed by atoms with E-state index < -0.39 is 0 Å². The van der Waals surface area contributed by atoms with Gasteiger partial charge in [-0.1, -0.05) is 6.08 Å². The Labute approximate surface area is 50.7 Å². The number of rotatable bonds is 2. The standard InChI is InChI=1S/C7H12O/c1-4-6-8-7(3)5-2/h4-6H,1-3H3/b6-4-,7-5+. The van der Waals surface area contributed by atoms with Crippen molar-refractivity contribution in [3.63, 3.8) is 0 Å². The molecule has 0 atom stereocenters. The van der Waals surface area contributed by atoms with Gasteiger partial charge in [0.2, 0.25) is 0 Å². The fourth-order valence-electron chi connectivity index (χ4n) is 0.243. The Bertz CT molecular complexity index is 101. The maximum Gasteiger partial charge on any atom is 0.0958 e. The van der Waals surface area contributed by atoms with E-state index >= 15 is 0 Å². The first-order valence-corrected chi connectivity index (χ1v) is 2.72. The van der Waals surface area contributed by atoms with Crippen molar-refractivity contribution in [2.45, 2.75) is 20.8 Å². The molecule has 8 heavy (non-hydrogen) atoms. The van der Waals surface area contributed by atoms with Crippen molar-refractivity contribution < 1.29 is 4.74 Å². The summed E-state index contributed by atoms with van der Waals surface area (Å²) in [4.78, 5) is 0. The molecule has 0 heterocycles. The molecule has 0 unspecified atom stereocenters. The van der Waals surface area contributed by atoms with Crippen molar-refractivity contribution in [1.29, 1.82) is 0 Å². The first-order valence-electron chi connectivity index (χ1n) is 2.72. The molecule has 0 saturated heterocycles. The van der Waals surface area contributed by atoms with Crippen LogP contribution >= 0.6 is 0 Å². The van der Waals surface area contributed by atoms with Crippen molar-refractivity contribution in [1.82, 2.24) is 0 Å². The van der Waals surface area contributed by atoms with E-state index in [1.165, 1.54) is 0 Å². The minimum Gasteiger partial charge on any atom is -0.470 e. The first-order chi connectivity index (χ1) is 3.81. The molecule has 46 valence electrons. The van der Waals surface area contributed by atoms with Crippen LogP contribution in [0.15, 0.2) is 24.2 Å². The SMILES string of the molecule is C/C=C\O/C(C)=C/C. The molecule has 0 aromatic carbocycles. The van der Waals surface area contributed by atoms with E-state index in [0.29, 0.717) is 0 Å². The van der Waals surface area contributed by atoms with Crippen molar-refractivity contribution in [3.8, 4) is 0 Å². The van der Waals surface area contributed by atoms with Crippen molar-refractivity contribution in [2.24, 2.45) is 0 Å². The average Bonchev–Trinajstić information content (AvgIpc) is 1.83. The summed E-state index contributed by atoms with van der Waals surface area (Å²) < 4.78 is 5.02. The van der Waals surface area contributed by atoms with Crippen LogP contribution in [0, 0.1) is 0 Å². The number of hydrogen-bond acceptors (Lipinski definition) is 1. The molecule has 0 saturated carbocycles. The van der Waals surface area contributed by atoms with Crippen LogP contribution in [0.2, 0.25) is 0 Å². The van der Waals surface area contributed by atoms with Gasteiger partial charge in [0, 0.05) is 0 Å². The van der Waals surface area contributed by atoms with Crippen LogP contribution in [0.4, 0.5) is 0 Å². The smallest absolute Gasteiger partial charge is 0.0958 e. The molecule has 0 radical (unpaired) electrons. The minimum atomic E-state index is 0.933. The van der Waals surface area contributed by atoms with Gasteiger partial charge in [0.25, 0.3) is 0 Å². The van der Waals surface area contributed by atoms with Gasteiger partial charge in [-0.15, -0.1) is 0 Å². The number of ether oxygens (including phenoxy) is 1. The predicted molar refractivity (Wildman–Crippen MR) is 35.3 cm³/mol. The molecule has 0 fully saturated rings. The summed E-state index contributed by atoms with van der Waals surface area (Å²) in [6.07, 6.45) is 5.43. The third-order valence-corrected chi connectivity index (χ3v) is 0.797. The fourth-order valence-corrected chi connectivity index (χ4v) is 0.243. The van der Waals surface area contributed by atoms with E-state index in [1.54, 1.807) is 6.26 Å². The van der Waals surface area contributed by atoms with E-state index in [1.807, 2.05) is 32.9 Å². The van der Waals surface area contributed by atoms with Gasteiger partial charge in [-0.2, -0.15) is 0 Å². The Morgan fingerprint density at radius 2 is 2.00 bits per heavy atom. The Kier molecular flexibility index (Phi) is 4.04. The van der Waals surface area contributed by atoms with E-state index in [0.717, 1.165) is 5.76 Å². The third-order valence-electron chi connectivity index (χ3n) is 0.797. The van der Waals surface area contributed by atoms with Crippen molar-refractivity contribution >= 4 is 0 Å². The van der Waals surface area contributed by atoms with Crippen LogP contribution in [-0.4, -0.2) is 0 Å². The minimum absolute atomic E-state index is 0.933. The fraction of sp³-hybridized carbons (Fsp3) is 0.429. The highest BCUT2D eigenvalue weighted by Crippen LogP contribution is 1.93. The highest BCUT2D eigenvalue weighted by Gasteiger charge is 1.76. The summed E-state index contributed by atoms with van der Waals surface area (Å²) in [6, 6.07) is 0. The topological polar surface area (TPSA) is 9.23 Å². The third kappa shape index (κ3) is 3.47. The maximum atomic E-state index is 5.02. The van der Waals surface area contributed by atoms with Crippen LogP contribution in [0.3, 0.4) is 0 Å². The molecule has 0 rings (SSSR count). The molecule has 1 heteroatoms. The zero-order valence-corrected chi connectivity index (χ0v) is 5.64. The van der Waals surface area contributed by atoms with Gasteiger partial charge >= 0.3 is 0 Å². The second-order valence-electron chi connectivity index (χ2n) is 1.49. The maximum absolute atomic E-state index is 5.02. The summed E-state index contributed by atoms with van der Waals surface area (Å²) in [7, 11) is 0. The number of allylic oxidation sites excluding steroid dienone is 3. The lowest BCUT2D eigenvalue weighted by molar-refractivity contribution is 0.352. The van der Waals surface area contributed by atoms with Crippen molar-refractivity contribution in [2.75, 3.05) is 0 Å². The number of hydrogen-bond donors (Lipinski definition) is 0. The molecule has 0 amide bonds. The molecular weight excluding hydrogens is 100 g/mol. The lowest BCUT2D eigenvalue weighted by atomic mass is 10.5. The van der Waals surface area contributed by atoms with Crippen LogP contribution in [-0.2, 0) is 4.74 Å². The van der Waals surface area contributed by atoms with Crippen LogP contribution < -0.4 is 0 Å². The monoisotopic (exact) mass is 112 g/mol. The molecule has 0 aromatic heterocycles. The van der Waals surface area contributed by atoms with Crippen LogP contribution in [0.1, 0.15) is 20.8 Å². The van der Waals surface area contributed by atoms with Gasteiger partial charge in [-0.05, 0) is 26.8 Å². The molecule has 0 bridgehead atoms. The largest absolute Gasteiger partial charge is 0.470 e. The van der Waals surface area contributed by atoms with E-state index in [-0.39, 0.29) is 0 Å². The predicted octanol–water partition coefficient (Wildman–Crippen LogP) is 2.46. The molecule has 1 nitrogen and oxygen atoms in total. The van der Waals surface area contributed by atoms with Crippen LogP contribution in [0.25, 0.3) is 0 Å². The van der Waals surface area contributed by atoms with Crippen LogP contribution in [0.5, 0.6) is 0 Å². The Hall–Kier alpha value is -0.720. The highest BCUT2D eigenvalue weighted by molar-refractivity contribution is 4.87. The van der Waals surface area contributed by atoms with E-state index in [2.05, 4.69) is 0 Å². The van der Waals surface area contributed by atoms with Gasteiger partial charge in [-0.25, -0.2) is 0 Å². The average molecular weight is 112 g/mol. The van der Waals surface area contributed by atoms with Crippen molar-refractivity contribution in [3.05, 3.63) is 24.2 Å². The molecule has 0 aromatic rings. The molecular formula is C7H12O. The molecule has 0 N–H and O–H groups in total. The summed E-state index contributed by atoms with van der Waals surface area (Å²) >= 11 is 0. The summed E-state index contributed by atoms with van der Waals surface area (Å²) in [5, 5.41) is 0. The summed E-state index contributed by atoms with van der Waals surface area (Å²) in [6.45, 7) is 5.78. The molecule has 0 aliphatic rings. The molecule has 0 aliphatic heterocycles. The molecule has 0 aliphatic carbocycles. The van der Waals surface area contributed by atoms with Gasteiger partial charge in [0.1, 0.15) is 0 Å². The Morgan fingerprint density at radius 3 is 2.38 bits per heavy atom. The normalized spacial score (nSPS) is 12.6. The van der Waals surface area contributed by atoms with Gasteiger partial charge < -0.3 is 4.74 Å². The Morgan fingerprint density at radius 1 is 1.38 bits per heavy atom. The summed E-state index contributed by atoms with van der Waals surface area (Å²) in [5.74, 6) is 0.933. The second kappa shape index (κ2) is 4.44. The second-order valence-corrected chi connectivity index (χ2v) is 1.49. The summed E-state index contributed by atoms with van der Waals surface area (Å²) in [5.41, 5.74) is 0. The molecule has 0 spiro atoms. The first kappa shape index (κ1) is 7.28. The van der Waals surface area contributed by atoms with Gasteiger partial charge in [0.05, 0.1) is 12.0 Å². The zero-order valence-electron chi connectivity index (χ0n) is 5.64. The van der Waals surface area contributed by atoms with Gasteiger partial charge in [-0.3, -0.25) is 0 Å². The zero-order chi connectivity index (χ0) is 6.41. The highest BCUT2D eigenvalue weighted by atomic mass is 16.5. The lowest BCUT2D eigenvalue weighted by Crippen LogP contribution is -1.73. The lowest BCUT2D eigenvalue weighted by Gasteiger charge is -1.94. The van der Waals surface area contributed by atoms with E-state index in [9.17, 15) is 0 Å². The quantitative estimate of drug-likeness (QED) is 0.498. The Balaban J connectivity index is 3.40.